The molecule has 5 heteroatoms. The molecule has 1 unspecified atom stereocenters. The first kappa shape index (κ1) is 20.3. The molecule has 0 aromatic heterocycles. The summed E-state index contributed by atoms with van der Waals surface area (Å²) in [5, 5.41) is 0. The minimum Gasteiger partial charge on any atom is -0.493 e. The molecule has 0 amide bonds. The third-order valence-electron chi connectivity index (χ3n) is 4.37. The molecule has 1 aromatic rings. The second kappa shape index (κ2) is 10.2. The summed E-state index contributed by atoms with van der Waals surface area (Å²) >= 11 is 0. The molecule has 0 fully saturated rings. The molecule has 0 aliphatic rings. The molecule has 136 valence electrons. The van der Waals surface area contributed by atoms with Crippen LogP contribution in [0.3, 0.4) is 0 Å². The fraction of sp³-hybridized carbons (Fsp3) is 0.632. The highest BCUT2D eigenvalue weighted by Gasteiger charge is 2.20. The van der Waals surface area contributed by atoms with E-state index in [1.54, 1.807) is 14.2 Å². The normalized spacial score (nSPS) is 12.1. The molecule has 0 heterocycles. The van der Waals surface area contributed by atoms with Crippen molar-refractivity contribution in [2.24, 2.45) is 0 Å². The van der Waals surface area contributed by atoms with Crippen molar-refractivity contribution in [2.75, 3.05) is 33.9 Å². The van der Waals surface area contributed by atoms with Gasteiger partial charge in [-0.3, -0.25) is 9.69 Å². The first-order valence-corrected chi connectivity index (χ1v) is 8.61. The molecular formula is C19H31NO4. The zero-order chi connectivity index (χ0) is 18.1. The van der Waals surface area contributed by atoms with E-state index >= 15 is 0 Å². The summed E-state index contributed by atoms with van der Waals surface area (Å²) in [6.45, 7) is 10.4. The Bertz CT molecular complexity index is 530. The van der Waals surface area contributed by atoms with Gasteiger partial charge >= 0.3 is 5.97 Å². The molecule has 0 aliphatic carbocycles. The fourth-order valence-electron chi connectivity index (χ4n) is 3.03. The van der Waals surface area contributed by atoms with Crippen molar-refractivity contribution in [1.82, 2.24) is 4.90 Å². The minimum atomic E-state index is -0.122. The monoisotopic (exact) mass is 337 g/mol. The first-order chi connectivity index (χ1) is 11.5. The molecule has 0 bridgehead atoms. The number of hydrogen-bond acceptors (Lipinski definition) is 5. The van der Waals surface area contributed by atoms with E-state index in [0.717, 1.165) is 36.6 Å². The molecule has 1 atom stereocenters. The van der Waals surface area contributed by atoms with E-state index in [2.05, 4.69) is 31.7 Å². The van der Waals surface area contributed by atoms with Crippen LogP contribution in [0.25, 0.3) is 0 Å². The van der Waals surface area contributed by atoms with Crippen LogP contribution >= 0.6 is 0 Å². The average Bonchev–Trinajstić information content (AvgIpc) is 2.58. The third kappa shape index (κ3) is 5.13. The second-order valence-electron chi connectivity index (χ2n) is 5.73. The van der Waals surface area contributed by atoms with Crippen LogP contribution in [0.2, 0.25) is 0 Å². The first-order valence-electron chi connectivity index (χ1n) is 8.61. The van der Waals surface area contributed by atoms with Gasteiger partial charge in [-0.25, -0.2) is 0 Å². The lowest BCUT2D eigenvalue weighted by atomic mass is 9.99. The van der Waals surface area contributed by atoms with Crippen molar-refractivity contribution in [3.8, 4) is 11.5 Å². The molecule has 24 heavy (non-hydrogen) atoms. The van der Waals surface area contributed by atoms with Crippen LogP contribution in [0.5, 0.6) is 11.5 Å². The predicted octanol–water partition coefficient (Wildman–Crippen LogP) is 3.74. The molecule has 0 radical (unpaired) electrons. The van der Waals surface area contributed by atoms with E-state index in [9.17, 15) is 4.79 Å². The van der Waals surface area contributed by atoms with E-state index in [4.69, 9.17) is 14.2 Å². The Hall–Kier alpha value is -1.75. The number of hydrogen-bond donors (Lipinski definition) is 0. The number of benzene rings is 1. The van der Waals surface area contributed by atoms with Crippen LogP contribution in [-0.2, 0) is 9.53 Å². The van der Waals surface area contributed by atoms with Crippen molar-refractivity contribution < 1.29 is 19.0 Å². The van der Waals surface area contributed by atoms with Crippen LogP contribution in [0.4, 0.5) is 0 Å². The SMILES string of the molecule is CCOC(=O)CCCN(CC)C(C)c1ccc(OC)c(OC)c1C. The zero-order valence-corrected chi connectivity index (χ0v) is 15.8. The Balaban J connectivity index is 2.82. The zero-order valence-electron chi connectivity index (χ0n) is 15.8. The molecule has 0 spiro atoms. The average molecular weight is 337 g/mol. The number of ether oxygens (including phenoxy) is 3. The van der Waals surface area contributed by atoms with Gasteiger partial charge in [-0.1, -0.05) is 13.0 Å². The van der Waals surface area contributed by atoms with Crippen molar-refractivity contribution >= 4 is 5.97 Å². The summed E-state index contributed by atoms with van der Waals surface area (Å²) in [6.07, 6.45) is 1.26. The molecule has 1 aromatic carbocycles. The van der Waals surface area contributed by atoms with Gasteiger partial charge in [0.2, 0.25) is 0 Å². The number of carbonyl (C=O) groups is 1. The maximum atomic E-state index is 11.5. The van der Waals surface area contributed by atoms with Crippen molar-refractivity contribution in [2.45, 2.75) is 46.6 Å². The molecule has 1 rings (SSSR count). The lowest BCUT2D eigenvalue weighted by Gasteiger charge is -2.30. The highest BCUT2D eigenvalue weighted by Crippen LogP contribution is 2.36. The Kier molecular flexibility index (Phi) is 8.61. The summed E-state index contributed by atoms with van der Waals surface area (Å²) < 4.78 is 15.9. The lowest BCUT2D eigenvalue weighted by molar-refractivity contribution is -0.143. The second-order valence-corrected chi connectivity index (χ2v) is 5.73. The summed E-state index contributed by atoms with van der Waals surface area (Å²) in [5.41, 5.74) is 2.30. The van der Waals surface area contributed by atoms with Crippen LogP contribution < -0.4 is 9.47 Å². The van der Waals surface area contributed by atoms with E-state index in [-0.39, 0.29) is 12.0 Å². The number of methoxy groups -OCH3 is 2. The van der Waals surface area contributed by atoms with Gasteiger partial charge in [-0.2, -0.15) is 0 Å². The topological polar surface area (TPSA) is 48.0 Å². The molecule has 0 aliphatic heterocycles. The predicted molar refractivity (Wildman–Crippen MR) is 95.8 cm³/mol. The Morgan fingerprint density at radius 2 is 1.92 bits per heavy atom. The highest BCUT2D eigenvalue weighted by molar-refractivity contribution is 5.69. The van der Waals surface area contributed by atoms with Crippen molar-refractivity contribution in [3.05, 3.63) is 23.3 Å². The van der Waals surface area contributed by atoms with Crippen LogP contribution in [0.1, 0.15) is 50.8 Å². The van der Waals surface area contributed by atoms with E-state index < -0.39 is 0 Å². The van der Waals surface area contributed by atoms with Gasteiger partial charge in [0.1, 0.15) is 0 Å². The van der Waals surface area contributed by atoms with Crippen LogP contribution in [0, 0.1) is 6.92 Å². The minimum absolute atomic E-state index is 0.122. The molecular weight excluding hydrogens is 306 g/mol. The van der Waals surface area contributed by atoms with Gasteiger partial charge in [0.15, 0.2) is 11.5 Å². The van der Waals surface area contributed by atoms with Crippen molar-refractivity contribution in [3.63, 3.8) is 0 Å². The standard InChI is InChI=1S/C19H31NO4/c1-7-20(13-9-10-18(21)24-8-2)15(4)16-11-12-17(22-5)19(23-6)14(16)3/h11-12,15H,7-10,13H2,1-6H3. The molecule has 5 nitrogen and oxygen atoms in total. The number of nitrogens with zero attached hydrogens (tertiary/aromatic N) is 1. The summed E-state index contributed by atoms with van der Waals surface area (Å²) in [5.74, 6) is 1.41. The highest BCUT2D eigenvalue weighted by atomic mass is 16.5. The number of carbonyl (C=O) groups excluding carboxylic acids is 1. The van der Waals surface area contributed by atoms with Gasteiger partial charge in [0.25, 0.3) is 0 Å². The van der Waals surface area contributed by atoms with Crippen molar-refractivity contribution in [1.29, 1.82) is 0 Å². The van der Waals surface area contributed by atoms with Gasteiger partial charge < -0.3 is 14.2 Å². The maximum absolute atomic E-state index is 11.5. The lowest BCUT2D eigenvalue weighted by Crippen LogP contribution is -2.29. The third-order valence-corrected chi connectivity index (χ3v) is 4.37. The van der Waals surface area contributed by atoms with E-state index in [0.29, 0.717) is 13.0 Å². The fourth-order valence-corrected chi connectivity index (χ4v) is 3.03. The smallest absolute Gasteiger partial charge is 0.305 e. The van der Waals surface area contributed by atoms with Gasteiger partial charge in [0, 0.05) is 12.5 Å². The maximum Gasteiger partial charge on any atom is 0.305 e. The van der Waals surface area contributed by atoms with Gasteiger partial charge in [-0.05, 0) is 57.5 Å². The van der Waals surface area contributed by atoms with Gasteiger partial charge in [-0.15, -0.1) is 0 Å². The summed E-state index contributed by atoms with van der Waals surface area (Å²) in [7, 11) is 3.31. The largest absolute Gasteiger partial charge is 0.493 e. The summed E-state index contributed by atoms with van der Waals surface area (Å²) in [4.78, 5) is 13.8. The van der Waals surface area contributed by atoms with Crippen LogP contribution in [0.15, 0.2) is 12.1 Å². The number of esters is 1. The van der Waals surface area contributed by atoms with Crippen LogP contribution in [-0.4, -0.2) is 44.8 Å². The molecule has 0 N–H and O–H groups in total. The summed E-state index contributed by atoms with van der Waals surface area (Å²) in [6, 6.07) is 4.27. The van der Waals surface area contributed by atoms with E-state index in [1.807, 2.05) is 13.0 Å². The quantitative estimate of drug-likeness (QED) is 0.609. The molecule has 0 saturated heterocycles. The Labute approximate surface area is 145 Å². The Morgan fingerprint density at radius 1 is 1.21 bits per heavy atom. The number of rotatable bonds is 10. The van der Waals surface area contributed by atoms with E-state index in [1.165, 1.54) is 5.56 Å². The Morgan fingerprint density at radius 3 is 2.46 bits per heavy atom. The molecule has 0 saturated carbocycles. The van der Waals surface area contributed by atoms with Gasteiger partial charge in [0.05, 0.1) is 20.8 Å².